The summed E-state index contributed by atoms with van der Waals surface area (Å²) in [5, 5.41) is 7.59. The zero-order chi connectivity index (χ0) is 26.0. The van der Waals surface area contributed by atoms with Crippen LogP contribution in [0.25, 0.3) is 10.9 Å². The number of nitrogens with one attached hydrogen (secondary N) is 2. The smallest absolute Gasteiger partial charge is 0.268 e. The van der Waals surface area contributed by atoms with E-state index in [1.165, 1.54) is 5.56 Å². The van der Waals surface area contributed by atoms with Crippen LogP contribution in [0.15, 0.2) is 60.7 Å². The first-order chi connectivity index (χ1) is 17.8. The van der Waals surface area contributed by atoms with Gasteiger partial charge in [0, 0.05) is 35.6 Å². The fraction of sp³-hybridized carbons (Fsp3) is 0.484. The van der Waals surface area contributed by atoms with Crippen molar-refractivity contribution in [3.8, 4) is 0 Å². The molecule has 3 aromatic rings. The van der Waals surface area contributed by atoms with Gasteiger partial charge in [-0.05, 0) is 62.1 Å². The van der Waals surface area contributed by atoms with Crippen LogP contribution in [0.1, 0.15) is 67.9 Å². The minimum atomic E-state index is -0.275. The molecule has 196 valence electrons. The van der Waals surface area contributed by atoms with Crippen LogP contribution in [-0.2, 0) is 18.3 Å². The molecule has 2 aliphatic carbocycles. The molecule has 37 heavy (non-hydrogen) atoms. The number of rotatable bonds is 7. The number of fused-ring (bicyclic) bond motifs is 1. The van der Waals surface area contributed by atoms with Crippen molar-refractivity contribution in [2.45, 2.75) is 75.9 Å². The molecule has 6 nitrogen and oxygen atoms in total. The zero-order valence-electron chi connectivity index (χ0n) is 22.1. The van der Waals surface area contributed by atoms with Crippen molar-refractivity contribution in [1.82, 2.24) is 15.2 Å². The first-order valence-corrected chi connectivity index (χ1v) is 13.8. The second-order valence-electron chi connectivity index (χ2n) is 11.4. The summed E-state index contributed by atoms with van der Waals surface area (Å²) in [5.74, 6) is 0.0842. The summed E-state index contributed by atoms with van der Waals surface area (Å²) >= 11 is 0. The lowest BCUT2D eigenvalue weighted by Gasteiger charge is -2.32. The van der Waals surface area contributed by atoms with Crippen molar-refractivity contribution in [3.05, 3.63) is 71.9 Å². The van der Waals surface area contributed by atoms with Gasteiger partial charge in [0.1, 0.15) is 5.69 Å². The number of hydrogen-bond acceptors (Lipinski definition) is 3. The molecule has 0 saturated heterocycles. The van der Waals surface area contributed by atoms with Gasteiger partial charge < -0.3 is 20.9 Å². The van der Waals surface area contributed by atoms with Gasteiger partial charge in [0.05, 0.1) is 5.92 Å². The molecule has 2 fully saturated rings. The molecule has 2 aromatic carbocycles. The molecule has 2 amide bonds. The second kappa shape index (κ2) is 10.7. The Hall–Kier alpha value is -3.12. The largest absolute Gasteiger partial charge is 0.353 e. The number of aryl methyl sites for hydroxylation is 2. The standard InChI is InChI=1S/C31H40N4O2/c1-21-18-24(20-31(21,32)17-16-22-10-4-3-5-11-22)33-29(36)25-13-7-8-14-26(25)34-30(37)28-19-23-12-6-9-15-27(23)35(28)2/h3-6,9-12,15,19,21,24-26H,7-8,13-14,16-18,20,32H2,1-2H3,(H,33,36)(H,34,37)/t21?,24?,25-,26+,31?/m1/s1. The first kappa shape index (κ1) is 25.5. The normalized spacial score (nSPS) is 27.8. The van der Waals surface area contributed by atoms with Crippen LogP contribution in [0.3, 0.4) is 0 Å². The molecule has 5 rings (SSSR count). The number of nitrogens with zero attached hydrogens (tertiary/aromatic N) is 1. The molecule has 0 spiro atoms. The van der Waals surface area contributed by atoms with E-state index < -0.39 is 0 Å². The molecule has 0 bridgehead atoms. The van der Waals surface area contributed by atoms with Gasteiger partial charge in [-0.1, -0.05) is 68.3 Å². The van der Waals surface area contributed by atoms with Crippen molar-refractivity contribution in [2.24, 2.45) is 24.6 Å². The van der Waals surface area contributed by atoms with Crippen LogP contribution in [0, 0.1) is 11.8 Å². The van der Waals surface area contributed by atoms with E-state index in [1.54, 1.807) is 0 Å². The van der Waals surface area contributed by atoms with Crippen LogP contribution >= 0.6 is 0 Å². The van der Waals surface area contributed by atoms with E-state index in [0.717, 1.165) is 62.3 Å². The van der Waals surface area contributed by atoms with Crippen molar-refractivity contribution in [3.63, 3.8) is 0 Å². The molecule has 1 aromatic heterocycles. The number of nitrogens with two attached hydrogens (primary N) is 1. The average Bonchev–Trinajstić information content (AvgIpc) is 3.39. The summed E-state index contributed by atoms with van der Waals surface area (Å²) in [4.78, 5) is 26.7. The summed E-state index contributed by atoms with van der Waals surface area (Å²) in [6.45, 7) is 2.21. The fourth-order valence-corrected chi connectivity index (χ4v) is 6.56. The molecule has 3 unspecified atom stereocenters. The highest BCUT2D eigenvalue weighted by molar-refractivity contribution is 5.99. The SMILES string of the molecule is CC1CC(NC(=O)[C@@H]2CCCC[C@@H]2NC(=O)c2cc3ccccc3n2C)CC1(N)CCc1ccccc1. The van der Waals surface area contributed by atoms with Gasteiger partial charge in [0.2, 0.25) is 5.91 Å². The third kappa shape index (κ3) is 5.45. The lowest BCUT2D eigenvalue weighted by Crippen LogP contribution is -2.50. The Bertz CT molecular complexity index is 1250. The molecule has 0 aliphatic heterocycles. The molecule has 0 radical (unpaired) electrons. The highest BCUT2D eigenvalue weighted by Gasteiger charge is 2.43. The molecule has 4 N–H and O–H groups in total. The van der Waals surface area contributed by atoms with Gasteiger partial charge in [-0.25, -0.2) is 0 Å². The minimum Gasteiger partial charge on any atom is -0.353 e. The maximum Gasteiger partial charge on any atom is 0.268 e. The third-order valence-electron chi connectivity index (χ3n) is 8.92. The van der Waals surface area contributed by atoms with E-state index in [0.29, 0.717) is 11.6 Å². The highest BCUT2D eigenvalue weighted by Crippen LogP contribution is 2.37. The summed E-state index contributed by atoms with van der Waals surface area (Å²) in [7, 11) is 1.92. The van der Waals surface area contributed by atoms with Crippen LogP contribution in [0.4, 0.5) is 0 Å². The lowest BCUT2D eigenvalue weighted by molar-refractivity contribution is -0.127. The minimum absolute atomic E-state index is 0.0616. The number of benzene rings is 2. The van der Waals surface area contributed by atoms with Crippen LogP contribution < -0.4 is 16.4 Å². The Morgan fingerprint density at radius 1 is 1.03 bits per heavy atom. The second-order valence-corrected chi connectivity index (χ2v) is 11.4. The summed E-state index contributed by atoms with van der Waals surface area (Å²) in [6, 6.07) is 20.3. The van der Waals surface area contributed by atoms with Gasteiger partial charge in [0.25, 0.3) is 5.91 Å². The Balaban J connectivity index is 1.21. The van der Waals surface area contributed by atoms with Crippen LogP contribution in [-0.4, -0.2) is 34.0 Å². The molecular formula is C31H40N4O2. The van der Waals surface area contributed by atoms with Gasteiger partial charge in [-0.3, -0.25) is 9.59 Å². The molecule has 2 aliphatic rings. The van der Waals surface area contributed by atoms with E-state index >= 15 is 0 Å². The number of carbonyl (C=O) groups excluding carboxylic acids is 2. The van der Waals surface area contributed by atoms with E-state index in [-0.39, 0.29) is 35.4 Å². The zero-order valence-corrected chi connectivity index (χ0v) is 22.1. The summed E-state index contributed by atoms with van der Waals surface area (Å²) in [6.07, 6.45) is 7.23. The number of hydrogen-bond donors (Lipinski definition) is 3. The van der Waals surface area contributed by atoms with E-state index in [1.807, 2.05) is 48.0 Å². The summed E-state index contributed by atoms with van der Waals surface area (Å²) in [5.41, 5.74) is 9.57. The van der Waals surface area contributed by atoms with Crippen molar-refractivity contribution < 1.29 is 9.59 Å². The van der Waals surface area contributed by atoms with Gasteiger partial charge in [0.15, 0.2) is 0 Å². The predicted octanol–water partition coefficient (Wildman–Crippen LogP) is 4.71. The number of carbonyl (C=O) groups is 2. The molecule has 1 heterocycles. The van der Waals surface area contributed by atoms with E-state index in [9.17, 15) is 9.59 Å². The van der Waals surface area contributed by atoms with E-state index in [4.69, 9.17) is 5.73 Å². The topological polar surface area (TPSA) is 89.2 Å². The van der Waals surface area contributed by atoms with Gasteiger partial charge >= 0.3 is 0 Å². The van der Waals surface area contributed by atoms with Crippen molar-refractivity contribution >= 4 is 22.7 Å². The molecular weight excluding hydrogens is 460 g/mol. The fourth-order valence-electron chi connectivity index (χ4n) is 6.56. The predicted molar refractivity (Wildman–Crippen MR) is 148 cm³/mol. The first-order valence-electron chi connectivity index (χ1n) is 13.8. The quantitative estimate of drug-likeness (QED) is 0.439. The number of para-hydroxylation sites is 1. The monoisotopic (exact) mass is 500 g/mol. The van der Waals surface area contributed by atoms with Gasteiger partial charge in [-0.2, -0.15) is 0 Å². The van der Waals surface area contributed by atoms with Crippen LogP contribution in [0.5, 0.6) is 0 Å². The van der Waals surface area contributed by atoms with Crippen molar-refractivity contribution in [1.29, 1.82) is 0 Å². The number of aromatic nitrogens is 1. The van der Waals surface area contributed by atoms with E-state index in [2.05, 4.69) is 41.8 Å². The van der Waals surface area contributed by atoms with Gasteiger partial charge in [-0.15, -0.1) is 0 Å². The Labute approximate surface area is 220 Å². The Morgan fingerprint density at radius 3 is 2.54 bits per heavy atom. The highest BCUT2D eigenvalue weighted by atomic mass is 16.2. The lowest BCUT2D eigenvalue weighted by atomic mass is 9.83. The van der Waals surface area contributed by atoms with Crippen molar-refractivity contribution in [2.75, 3.05) is 0 Å². The average molecular weight is 501 g/mol. The molecule has 2 saturated carbocycles. The maximum atomic E-state index is 13.5. The molecule has 5 atom stereocenters. The third-order valence-corrected chi connectivity index (χ3v) is 8.92. The number of amides is 2. The Kier molecular flexibility index (Phi) is 7.38. The van der Waals surface area contributed by atoms with Crippen LogP contribution in [0.2, 0.25) is 0 Å². The maximum absolute atomic E-state index is 13.5. The molecule has 6 heteroatoms. The Morgan fingerprint density at radius 2 is 1.76 bits per heavy atom. The summed E-state index contributed by atoms with van der Waals surface area (Å²) < 4.78 is 1.93.